The third-order valence-electron chi connectivity index (χ3n) is 9.85. The van der Waals surface area contributed by atoms with Crippen LogP contribution in [0, 0.1) is 6.92 Å². The standard InChI is InChI=1S/C48H53BrN2O7S2/c1-33(36-14-16-39(17-15-36)48(54)56-5)37-20-24-41(25-21-37)59-29-11-9-7-6-8-10-28-57-40-22-18-38(19-23-40)46-50-45(34(2)58-46)47(53)51(3)27-12-30-60-43-26-13-35(31-42(43)49)32-44(52)55-4/h13-26,31H,1,6-12,27-30,32H2,2-5H3. The number of rotatable bonds is 23. The van der Waals surface area contributed by atoms with Crippen molar-refractivity contribution in [3.8, 4) is 17.2 Å². The van der Waals surface area contributed by atoms with Crippen LogP contribution in [0.3, 0.4) is 0 Å². The molecule has 0 atom stereocenters. The summed E-state index contributed by atoms with van der Waals surface area (Å²) in [4.78, 5) is 45.1. The molecule has 316 valence electrons. The number of thioether (sulfide) groups is 2. The number of aromatic nitrogens is 1. The molecular weight excluding hydrogens is 861 g/mol. The number of ether oxygens (including phenoxy) is 3. The summed E-state index contributed by atoms with van der Waals surface area (Å²) in [5.41, 5.74) is 5.48. The predicted octanol–water partition coefficient (Wildman–Crippen LogP) is 11.7. The Kier molecular flexibility index (Phi) is 18.4. The van der Waals surface area contributed by atoms with E-state index in [-0.39, 0.29) is 24.3 Å². The molecule has 0 aliphatic carbocycles. The van der Waals surface area contributed by atoms with Crippen LogP contribution >= 0.6 is 39.5 Å². The second-order valence-corrected chi connectivity index (χ2v) is 17.4. The number of amides is 1. The van der Waals surface area contributed by atoms with Gasteiger partial charge in [-0.3, -0.25) is 9.59 Å². The van der Waals surface area contributed by atoms with Crippen LogP contribution in [-0.2, 0) is 20.7 Å². The number of esters is 2. The Balaban J connectivity index is 0.925. The van der Waals surface area contributed by atoms with Gasteiger partial charge in [-0.2, -0.15) is 0 Å². The van der Waals surface area contributed by atoms with E-state index in [1.807, 2.05) is 66.4 Å². The SMILES string of the molecule is C=C(c1ccc(SCCCCCCCCOc2ccc(-c3nc(C(=O)N(C)CCCSc4ccc(CC(=O)OC)cc4Br)c(C)o3)cc2)cc1)c1ccc(C(=O)OC)cc1. The minimum Gasteiger partial charge on any atom is -0.494 e. The highest BCUT2D eigenvalue weighted by molar-refractivity contribution is 9.10. The van der Waals surface area contributed by atoms with E-state index in [9.17, 15) is 14.4 Å². The first-order valence-corrected chi connectivity index (χ1v) is 22.9. The first-order chi connectivity index (χ1) is 29.1. The third kappa shape index (κ3) is 13.9. The van der Waals surface area contributed by atoms with Crippen LogP contribution < -0.4 is 4.74 Å². The third-order valence-corrected chi connectivity index (χ3v) is 13.0. The normalized spacial score (nSPS) is 10.9. The number of carbonyl (C=O) groups excluding carboxylic acids is 3. The fourth-order valence-corrected chi connectivity index (χ4v) is 8.86. The Morgan fingerprint density at radius 1 is 0.767 bits per heavy atom. The van der Waals surface area contributed by atoms with Crippen LogP contribution in [0.5, 0.6) is 5.75 Å². The fourth-order valence-electron chi connectivity index (χ4n) is 6.32. The Morgan fingerprint density at radius 2 is 1.40 bits per heavy atom. The highest BCUT2D eigenvalue weighted by Gasteiger charge is 2.21. The van der Waals surface area contributed by atoms with Gasteiger partial charge in [0, 0.05) is 33.4 Å². The van der Waals surface area contributed by atoms with Crippen molar-refractivity contribution in [3.05, 3.63) is 136 Å². The summed E-state index contributed by atoms with van der Waals surface area (Å²) in [6, 6.07) is 29.4. The molecule has 0 saturated heterocycles. The Hall–Kier alpha value is -4.78. The molecule has 9 nitrogen and oxygen atoms in total. The van der Waals surface area contributed by atoms with Crippen molar-refractivity contribution in [2.75, 3.05) is 45.9 Å². The maximum absolute atomic E-state index is 13.3. The van der Waals surface area contributed by atoms with E-state index >= 15 is 0 Å². The highest BCUT2D eigenvalue weighted by Crippen LogP contribution is 2.30. The summed E-state index contributed by atoms with van der Waals surface area (Å²) >= 11 is 7.18. The van der Waals surface area contributed by atoms with Crippen molar-refractivity contribution in [2.24, 2.45) is 0 Å². The maximum atomic E-state index is 13.3. The van der Waals surface area contributed by atoms with Gasteiger partial charge in [0.2, 0.25) is 5.89 Å². The van der Waals surface area contributed by atoms with Gasteiger partial charge < -0.3 is 23.5 Å². The van der Waals surface area contributed by atoms with E-state index in [1.165, 1.54) is 44.8 Å². The summed E-state index contributed by atoms with van der Waals surface area (Å²) in [5, 5.41) is 0. The van der Waals surface area contributed by atoms with Crippen LogP contribution in [0.4, 0.5) is 0 Å². The molecule has 5 aromatic rings. The molecule has 0 spiro atoms. The molecule has 1 heterocycles. The first kappa shape index (κ1) is 46.3. The average Bonchev–Trinajstić information content (AvgIpc) is 3.66. The number of carbonyl (C=O) groups is 3. The van der Waals surface area contributed by atoms with Gasteiger partial charge in [-0.15, -0.1) is 23.5 Å². The number of aryl methyl sites for hydroxylation is 1. The lowest BCUT2D eigenvalue weighted by Crippen LogP contribution is -2.28. The maximum Gasteiger partial charge on any atom is 0.337 e. The highest BCUT2D eigenvalue weighted by atomic mass is 79.9. The van der Waals surface area contributed by atoms with Gasteiger partial charge in [-0.25, -0.2) is 9.78 Å². The summed E-state index contributed by atoms with van der Waals surface area (Å²) in [6.07, 6.45) is 7.97. The molecule has 1 amide bonds. The molecule has 0 fully saturated rings. The number of hydrogen-bond donors (Lipinski definition) is 0. The van der Waals surface area contributed by atoms with Gasteiger partial charge in [-0.1, -0.05) is 62.6 Å². The van der Waals surface area contributed by atoms with E-state index in [0.29, 0.717) is 36.1 Å². The second kappa shape index (κ2) is 23.9. The van der Waals surface area contributed by atoms with Crippen molar-refractivity contribution in [1.29, 1.82) is 0 Å². The predicted molar refractivity (Wildman–Crippen MR) is 245 cm³/mol. The van der Waals surface area contributed by atoms with Gasteiger partial charge in [0.05, 0.1) is 32.8 Å². The quantitative estimate of drug-likeness (QED) is 0.0357. The lowest BCUT2D eigenvalue weighted by Gasteiger charge is -2.16. The molecule has 1 aromatic heterocycles. The van der Waals surface area contributed by atoms with Crippen molar-refractivity contribution in [2.45, 2.75) is 68.1 Å². The minimum atomic E-state index is -0.344. The molecule has 0 bridgehead atoms. The topological polar surface area (TPSA) is 108 Å². The number of halogens is 1. The second-order valence-electron chi connectivity index (χ2n) is 14.3. The van der Waals surface area contributed by atoms with E-state index in [0.717, 1.165) is 73.7 Å². The molecule has 5 rings (SSSR count). The lowest BCUT2D eigenvalue weighted by molar-refractivity contribution is -0.139. The van der Waals surface area contributed by atoms with Crippen molar-refractivity contribution < 1.29 is 33.0 Å². The van der Waals surface area contributed by atoms with E-state index in [2.05, 4.69) is 51.8 Å². The molecular formula is C48H53BrN2O7S2. The smallest absolute Gasteiger partial charge is 0.337 e. The Morgan fingerprint density at radius 3 is 2.07 bits per heavy atom. The minimum absolute atomic E-state index is 0.173. The number of nitrogens with zero attached hydrogens (tertiary/aromatic N) is 2. The number of hydrogen-bond acceptors (Lipinski definition) is 10. The molecule has 0 aliphatic rings. The number of methoxy groups -OCH3 is 2. The van der Waals surface area contributed by atoms with Gasteiger partial charge in [0.15, 0.2) is 5.69 Å². The van der Waals surface area contributed by atoms with Crippen LogP contribution in [0.15, 0.2) is 116 Å². The molecule has 0 radical (unpaired) electrons. The number of oxazole rings is 1. The summed E-state index contributed by atoms with van der Waals surface area (Å²) in [5.74, 6) is 2.82. The van der Waals surface area contributed by atoms with E-state index in [1.54, 1.807) is 42.8 Å². The van der Waals surface area contributed by atoms with Gasteiger partial charge in [0.1, 0.15) is 11.5 Å². The largest absolute Gasteiger partial charge is 0.494 e. The van der Waals surface area contributed by atoms with Gasteiger partial charge in [0.25, 0.3) is 5.91 Å². The zero-order chi connectivity index (χ0) is 42.9. The number of unbranched alkanes of at least 4 members (excludes halogenated alkanes) is 5. The molecule has 0 unspecified atom stereocenters. The summed E-state index contributed by atoms with van der Waals surface area (Å²) in [7, 11) is 4.55. The molecule has 0 saturated carbocycles. The summed E-state index contributed by atoms with van der Waals surface area (Å²) < 4.78 is 22.4. The molecule has 0 N–H and O–H groups in total. The first-order valence-electron chi connectivity index (χ1n) is 20.1. The van der Waals surface area contributed by atoms with Crippen LogP contribution in [0.2, 0.25) is 0 Å². The zero-order valence-electron chi connectivity index (χ0n) is 34.8. The van der Waals surface area contributed by atoms with Crippen molar-refractivity contribution in [3.63, 3.8) is 0 Å². The monoisotopic (exact) mass is 912 g/mol. The molecule has 12 heteroatoms. The van der Waals surface area contributed by atoms with Gasteiger partial charge in [-0.05, 0) is 137 Å². The summed E-state index contributed by atoms with van der Waals surface area (Å²) in [6.45, 7) is 7.26. The lowest BCUT2D eigenvalue weighted by atomic mass is 9.99. The van der Waals surface area contributed by atoms with E-state index in [4.69, 9.17) is 18.6 Å². The van der Waals surface area contributed by atoms with Crippen molar-refractivity contribution >= 4 is 62.9 Å². The molecule has 60 heavy (non-hydrogen) atoms. The Labute approximate surface area is 370 Å². The Bertz CT molecular complexity index is 2190. The fraction of sp³-hybridized carbons (Fsp3) is 0.333. The average molecular weight is 914 g/mol. The molecule has 4 aromatic carbocycles. The van der Waals surface area contributed by atoms with Crippen LogP contribution in [-0.4, -0.2) is 73.7 Å². The van der Waals surface area contributed by atoms with Gasteiger partial charge >= 0.3 is 11.9 Å². The number of benzene rings is 4. The van der Waals surface area contributed by atoms with Crippen LogP contribution in [0.1, 0.15) is 88.2 Å². The zero-order valence-corrected chi connectivity index (χ0v) is 38.0. The van der Waals surface area contributed by atoms with Crippen molar-refractivity contribution in [1.82, 2.24) is 9.88 Å². The molecule has 0 aliphatic heterocycles. The van der Waals surface area contributed by atoms with E-state index < -0.39 is 0 Å². The van der Waals surface area contributed by atoms with Crippen LogP contribution in [0.25, 0.3) is 17.0 Å².